The van der Waals surface area contributed by atoms with Gasteiger partial charge in [0, 0.05) is 26.0 Å². The Hall–Kier alpha value is -1.99. The van der Waals surface area contributed by atoms with Crippen LogP contribution in [0, 0.1) is 0 Å². The molecule has 2 rings (SSSR count). The summed E-state index contributed by atoms with van der Waals surface area (Å²) in [7, 11) is -0.382. The van der Waals surface area contributed by atoms with Crippen molar-refractivity contribution in [2.75, 3.05) is 19.4 Å². The molecule has 1 aromatic heterocycles. The topological polar surface area (TPSA) is 75.2 Å². The van der Waals surface area contributed by atoms with E-state index >= 15 is 0 Å². The third-order valence-electron chi connectivity index (χ3n) is 2.49. The highest BCUT2D eigenvalue weighted by Crippen LogP contribution is 2.18. The van der Waals surface area contributed by atoms with E-state index in [9.17, 15) is 8.42 Å². The van der Waals surface area contributed by atoms with E-state index in [0.29, 0.717) is 5.82 Å². The summed E-state index contributed by atoms with van der Waals surface area (Å²) in [5, 5.41) is 3.05. The molecule has 0 bridgehead atoms. The SMILES string of the molecule is CN(C)S(=O)(=O)c1ccc(Nc2ccncn2)cc1. The van der Waals surface area contributed by atoms with E-state index in [1.165, 1.54) is 24.7 Å². The molecule has 6 nitrogen and oxygen atoms in total. The Morgan fingerprint density at radius 1 is 1.11 bits per heavy atom. The molecule has 0 aliphatic rings. The van der Waals surface area contributed by atoms with Gasteiger partial charge in [0.1, 0.15) is 12.1 Å². The molecule has 100 valence electrons. The van der Waals surface area contributed by atoms with Crippen LogP contribution in [0.15, 0.2) is 47.8 Å². The lowest BCUT2D eigenvalue weighted by molar-refractivity contribution is 0.521. The van der Waals surface area contributed by atoms with Gasteiger partial charge in [0.25, 0.3) is 0 Å². The van der Waals surface area contributed by atoms with Crippen LogP contribution >= 0.6 is 0 Å². The molecule has 0 aliphatic carbocycles. The Balaban J connectivity index is 2.20. The van der Waals surface area contributed by atoms with Gasteiger partial charge < -0.3 is 5.32 Å². The largest absolute Gasteiger partial charge is 0.340 e. The average molecular weight is 278 g/mol. The van der Waals surface area contributed by atoms with E-state index in [0.717, 1.165) is 5.69 Å². The molecular formula is C12H14N4O2S. The van der Waals surface area contributed by atoms with Crippen LogP contribution in [0.2, 0.25) is 0 Å². The number of benzene rings is 1. The number of nitrogens with zero attached hydrogens (tertiary/aromatic N) is 3. The molecule has 1 heterocycles. The maximum absolute atomic E-state index is 11.9. The Morgan fingerprint density at radius 2 is 1.79 bits per heavy atom. The van der Waals surface area contributed by atoms with Gasteiger partial charge in [0.2, 0.25) is 10.0 Å². The van der Waals surface area contributed by atoms with E-state index in [-0.39, 0.29) is 4.90 Å². The molecule has 19 heavy (non-hydrogen) atoms. The summed E-state index contributed by atoms with van der Waals surface area (Å²) in [5.41, 5.74) is 0.761. The molecule has 0 atom stereocenters. The lowest BCUT2D eigenvalue weighted by atomic mass is 10.3. The van der Waals surface area contributed by atoms with Gasteiger partial charge in [-0.15, -0.1) is 0 Å². The van der Waals surface area contributed by atoms with E-state index in [1.807, 2.05) is 0 Å². The van der Waals surface area contributed by atoms with Gasteiger partial charge >= 0.3 is 0 Å². The van der Waals surface area contributed by atoms with Crippen molar-refractivity contribution < 1.29 is 8.42 Å². The number of hydrogen-bond donors (Lipinski definition) is 1. The summed E-state index contributed by atoms with van der Waals surface area (Å²) in [6.07, 6.45) is 3.06. The van der Waals surface area contributed by atoms with Crippen LogP contribution in [0.3, 0.4) is 0 Å². The Bertz CT molecular complexity index is 639. The quantitative estimate of drug-likeness (QED) is 0.916. The van der Waals surface area contributed by atoms with Crippen LogP contribution in [0.4, 0.5) is 11.5 Å². The minimum atomic E-state index is -3.39. The van der Waals surface area contributed by atoms with Crippen LogP contribution in [-0.4, -0.2) is 36.8 Å². The predicted octanol–water partition coefficient (Wildman–Crippen LogP) is 1.47. The summed E-state index contributed by atoms with van der Waals surface area (Å²) < 4.78 is 25.0. The third kappa shape index (κ3) is 3.07. The fourth-order valence-electron chi connectivity index (χ4n) is 1.43. The summed E-state index contributed by atoms with van der Waals surface area (Å²) >= 11 is 0. The highest BCUT2D eigenvalue weighted by atomic mass is 32.2. The maximum atomic E-state index is 11.9. The van der Waals surface area contributed by atoms with Gasteiger partial charge in [-0.2, -0.15) is 0 Å². The predicted molar refractivity (Wildman–Crippen MR) is 72.6 cm³/mol. The molecule has 0 fully saturated rings. The second kappa shape index (κ2) is 5.33. The number of rotatable bonds is 4. The first-order valence-electron chi connectivity index (χ1n) is 5.56. The highest BCUT2D eigenvalue weighted by Gasteiger charge is 2.16. The van der Waals surface area contributed by atoms with Gasteiger partial charge in [-0.25, -0.2) is 22.7 Å². The van der Waals surface area contributed by atoms with E-state index in [2.05, 4.69) is 15.3 Å². The normalized spacial score (nSPS) is 11.5. The standard InChI is InChI=1S/C12H14N4O2S/c1-16(2)19(17,18)11-5-3-10(4-6-11)15-12-7-8-13-9-14-12/h3-9H,1-2H3,(H,13,14,15). The summed E-state index contributed by atoms with van der Waals surface area (Å²) in [5.74, 6) is 0.651. The minimum Gasteiger partial charge on any atom is -0.340 e. The number of hydrogen-bond acceptors (Lipinski definition) is 5. The average Bonchev–Trinajstić information content (AvgIpc) is 2.40. The van der Waals surface area contributed by atoms with Crippen LogP contribution in [0.25, 0.3) is 0 Å². The maximum Gasteiger partial charge on any atom is 0.242 e. The van der Waals surface area contributed by atoms with Crippen molar-refractivity contribution in [2.45, 2.75) is 4.90 Å². The number of anilines is 2. The molecule has 0 amide bonds. The van der Waals surface area contributed by atoms with Crippen LogP contribution in [0.5, 0.6) is 0 Å². The van der Waals surface area contributed by atoms with Crippen molar-refractivity contribution in [3.05, 3.63) is 42.9 Å². The second-order valence-electron chi connectivity index (χ2n) is 4.03. The minimum absolute atomic E-state index is 0.255. The zero-order chi connectivity index (χ0) is 13.9. The molecule has 0 saturated carbocycles. The van der Waals surface area contributed by atoms with Gasteiger partial charge in [0.15, 0.2) is 0 Å². The molecule has 0 saturated heterocycles. The Kier molecular flexibility index (Phi) is 3.77. The zero-order valence-corrected chi connectivity index (χ0v) is 11.4. The molecule has 7 heteroatoms. The first-order valence-corrected chi connectivity index (χ1v) is 7.00. The molecular weight excluding hydrogens is 264 g/mol. The second-order valence-corrected chi connectivity index (χ2v) is 6.18. The fourth-order valence-corrected chi connectivity index (χ4v) is 2.34. The van der Waals surface area contributed by atoms with Crippen molar-refractivity contribution >= 4 is 21.5 Å². The lowest BCUT2D eigenvalue weighted by Crippen LogP contribution is -2.22. The van der Waals surface area contributed by atoms with Crippen molar-refractivity contribution in [3.63, 3.8) is 0 Å². The molecule has 0 unspecified atom stereocenters. The summed E-state index contributed by atoms with van der Waals surface area (Å²) in [6, 6.07) is 8.22. The molecule has 0 aliphatic heterocycles. The van der Waals surface area contributed by atoms with E-state index in [1.54, 1.807) is 36.5 Å². The van der Waals surface area contributed by atoms with Crippen molar-refractivity contribution in [1.29, 1.82) is 0 Å². The summed E-state index contributed by atoms with van der Waals surface area (Å²) in [6.45, 7) is 0. The van der Waals surface area contributed by atoms with Crippen LogP contribution in [-0.2, 0) is 10.0 Å². The molecule has 1 N–H and O–H groups in total. The summed E-state index contributed by atoms with van der Waals surface area (Å²) in [4.78, 5) is 8.10. The fraction of sp³-hybridized carbons (Fsp3) is 0.167. The molecule has 0 radical (unpaired) electrons. The van der Waals surface area contributed by atoms with E-state index in [4.69, 9.17) is 0 Å². The van der Waals surface area contributed by atoms with Gasteiger partial charge in [0.05, 0.1) is 4.90 Å². The van der Waals surface area contributed by atoms with Gasteiger partial charge in [-0.05, 0) is 30.3 Å². The van der Waals surface area contributed by atoms with Crippen molar-refractivity contribution in [3.8, 4) is 0 Å². The van der Waals surface area contributed by atoms with E-state index < -0.39 is 10.0 Å². The van der Waals surface area contributed by atoms with Crippen LogP contribution in [0.1, 0.15) is 0 Å². The molecule has 0 spiro atoms. The Morgan fingerprint density at radius 3 is 2.32 bits per heavy atom. The molecule has 2 aromatic rings. The lowest BCUT2D eigenvalue weighted by Gasteiger charge is -2.12. The van der Waals surface area contributed by atoms with Crippen LogP contribution < -0.4 is 5.32 Å². The van der Waals surface area contributed by atoms with Gasteiger partial charge in [-0.3, -0.25) is 0 Å². The smallest absolute Gasteiger partial charge is 0.242 e. The number of sulfonamides is 1. The van der Waals surface area contributed by atoms with Crippen molar-refractivity contribution in [1.82, 2.24) is 14.3 Å². The third-order valence-corrected chi connectivity index (χ3v) is 4.32. The highest BCUT2D eigenvalue weighted by molar-refractivity contribution is 7.89. The first-order chi connectivity index (χ1) is 9.00. The Labute approximate surface area is 112 Å². The van der Waals surface area contributed by atoms with Crippen molar-refractivity contribution in [2.24, 2.45) is 0 Å². The number of aromatic nitrogens is 2. The zero-order valence-electron chi connectivity index (χ0n) is 10.6. The van der Waals surface area contributed by atoms with Gasteiger partial charge in [-0.1, -0.05) is 0 Å². The molecule has 1 aromatic carbocycles. The first kappa shape index (κ1) is 13.4. The monoisotopic (exact) mass is 278 g/mol. The number of nitrogens with one attached hydrogen (secondary N) is 1.